The van der Waals surface area contributed by atoms with Crippen LogP contribution in [0.5, 0.6) is 0 Å². The van der Waals surface area contributed by atoms with Gasteiger partial charge in [-0.1, -0.05) is 12.8 Å². The van der Waals surface area contributed by atoms with Crippen molar-refractivity contribution in [1.82, 2.24) is 15.2 Å². The van der Waals surface area contributed by atoms with Gasteiger partial charge in [-0.15, -0.1) is 0 Å². The summed E-state index contributed by atoms with van der Waals surface area (Å²) in [6.45, 7) is -0.848. The highest BCUT2D eigenvalue weighted by Gasteiger charge is 2.34. The Bertz CT molecular complexity index is 920. The monoisotopic (exact) mass is 439 g/mol. The summed E-state index contributed by atoms with van der Waals surface area (Å²) in [6, 6.07) is 2.74. The van der Waals surface area contributed by atoms with Crippen molar-refractivity contribution in [2.45, 2.75) is 50.4 Å². The molecule has 2 amide bonds. The maximum atomic E-state index is 13.0. The number of carbonyl (C=O) groups excluding carboxylic acids is 2. The average molecular weight is 439 g/mol. The van der Waals surface area contributed by atoms with Crippen molar-refractivity contribution in [3.8, 4) is 6.07 Å². The van der Waals surface area contributed by atoms with Crippen LogP contribution in [0.2, 0.25) is 0 Å². The Balaban J connectivity index is 1.76. The maximum Gasteiger partial charge on any atom is 0.405 e. The lowest BCUT2D eigenvalue weighted by molar-refractivity contribution is -0.126. The molecule has 0 bridgehead atoms. The first-order chi connectivity index (χ1) is 14.7. The number of carbonyl (C=O) groups is 2. The van der Waals surface area contributed by atoms with Gasteiger partial charge in [0.05, 0.1) is 6.07 Å². The Morgan fingerprint density at radius 3 is 2.61 bits per heavy atom. The first-order valence-corrected chi connectivity index (χ1v) is 10.2. The second kappa shape index (κ2) is 9.41. The Labute approximate surface area is 176 Å². The molecule has 1 aromatic rings. The van der Waals surface area contributed by atoms with E-state index in [0.29, 0.717) is 19.4 Å². The molecule has 3 unspecified atom stereocenters. The highest BCUT2D eigenvalue weighted by Crippen LogP contribution is 2.36. The fourth-order valence-electron chi connectivity index (χ4n) is 3.67. The Morgan fingerprint density at radius 1 is 1.29 bits per heavy atom. The number of amides is 2. The molecule has 3 atom stereocenters. The van der Waals surface area contributed by atoms with Crippen molar-refractivity contribution in [1.29, 1.82) is 5.26 Å². The molecule has 31 heavy (non-hydrogen) atoms. The van der Waals surface area contributed by atoms with Crippen LogP contribution in [0.3, 0.4) is 0 Å². The van der Waals surface area contributed by atoms with Gasteiger partial charge in [-0.05, 0) is 37.3 Å². The normalized spacial score (nSPS) is 20.5. The van der Waals surface area contributed by atoms with Crippen molar-refractivity contribution < 1.29 is 22.8 Å². The molecular weight excluding hydrogens is 415 g/mol. The molecule has 1 aliphatic heterocycles. The quantitative estimate of drug-likeness (QED) is 0.542. The van der Waals surface area contributed by atoms with Crippen LogP contribution in [0, 0.1) is 23.2 Å². The Kier molecular flexibility index (Phi) is 6.87. The van der Waals surface area contributed by atoms with Crippen LogP contribution in [0.25, 0.3) is 0 Å². The third kappa shape index (κ3) is 6.23. The van der Waals surface area contributed by atoms with E-state index in [9.17, 15) is 32.8 Å². The molecule has 2 aliphatic rings. The molecule has 11 heteroatoms. The van der Waals surface area contributed by atoms with E-state index in [1.807, 2.05) is 6.07 Å². The molecular formula is C20H24F3N5O3. The van der Waals surface area contributed by atoms with E-state index in [2.05, 4.69) is 16.0 Å². The summed E-state index contributed by atoms with van der Waals surface area (Å²) in [5.41, 5.74) is -0.996. The van der Waals surface area contributed by atoms with E-state index in [4.69, 9.17) is 0 Å². The number of rotatable bonds is 9. The molecule has 0 spiro atoms. The van der Waals surface area contributed by atoms with E-state index in [-0.39, 0.29) is 29.9 Å². The zero-order chi connectivity index (χ0) is 22.6. The number of nitriles is 1. The topological polar surface area (TPSA) is 116 Å². The second-order valence-corrected chi connectivity index (χ2v) is 8.00. The van der Waals surface area contributed by atoms with Crippen molar-refractivity contribution in [3.63, 3.8) is 0 Å². The minimum absolute atomic E-state index is 0.159. The minimum atomic E-state index is -4.50. The summed E-state index contributed by atoms with van der Waals surface area (Å²) in [5.74, 6) is -0.865. The van der Waals surface area contributed by atoms with Gasteiger partial charge >= 0.3 is 6.18 Å². The zero-order valence-corrected chi connectivity index (χ0v) is 16.7. The van der Waals surface area contributed by atoms with Gasteiger partial charge in [0.15, 0.2) is 0 Å². The number of pyridine rings is 1. The average Bonchev–Trinajstić information content (AvgIpc) is 3.45. The first kappa shape index (κ1) is 22.7. The predicted molar refractivity (Wildman–Crippen MR) is 105 cm³/mol. The van der Waals surface area contributed by atoms with E-state index in [0.717, 1.165) is 17.4 Å². The summed E-state index contributed by atoms with van der Waals surface area (Å²) in [5, 5.41) is 16.8. The number of nitrogens with one attached hydrogen (secondary N) is 3. The summed E-state index contributed by atoms with van der Waals surface area (Å²) in [6.07, 6.45) is -0.263. The lowest BCUT2D eigenvalue weighted by Gasteiger charge is -2.22. The van der Waals surface area contributed by atoms with Crippen LogP contribution >= 0.6 is 0 Å². The van der Waals surface area contributed by atoms with Crippen LogP contribution in [-0.2, 0) is 9.59 Å². The highest BCUT2D eigenvalue weighted by molar-refractivity contribution is 5.82. The van der Waals surface area contributed by atoms with Crippen LogP contribution in [0.4, 0.5) is 18.9 Å². The smallest absolute Gasteiger partial charge is 0.372 e. The SMILES string of the molecule is N#CC(CC1CCNC1=O)NC(=O)C(CC1CC1)n1cccc(NCC(F)(F)F)c1=O. The van der Waals surface area contributed by atoms with Crippen molar-refractivity contribution in [2.24, 2.45) is 11.8 Å². The minimum Gasteiger partial charge on any atom is -0.372 e. The third-order valence-electron chi connectivity index (χ3n) is 5.50. The van der Waals surface area contributed by atoms with Gasteiger partial charge < -0.3 is 20.5 Å². The van der Waals surface area contributed by atoms with E-state index < -0.39 is 36.3 Å². The van der Waals surface area contributed by atoms with Crippen LogP contribution in [-0.4, -0.2) is 41.7 Å². The first-order valence-electron chi connectivity index (χ1n) is 10.2. The predicted octanol–water partition coefficient (Wildman–Crippen LogP) is 1.70. The number of aromatic nitrogens is 1. The Hall–Kier alpha value is -3.03. The molecule has 8 nitrogen and oxygen atoms in total. The molecule has 2 heterocycles. The van der Waals surface area contributed by atoms with Gasteiger partial charge in [0, 0.05) is 18.7 Å². The fraction of sp³-hybridized carbons (Fsp3) is 0.600. The molecule has 1 saturated heterocycles. The lowest BCUT2D eigenvalue weighted by Crippen LogP contribution is -2.43. The molecule has 168 valence electrons. The molecule has 1 aliphatic carbocycles. The number of nitrogens with zero attached hydrogens (tertiary/aromatic N) is 2. The number of alkyl halides is 3. The summed E-state index contributed by atoms with van der Waals surface area (Å²) in [7, 11) is 0. The van der Waals surface area contributed by atoms with E-state index >= 15 is 0 Å². The second-order valence-electron chi connectivity index (χ2n) is 8.00. The number of hydrogen-bond donors (Lipinski definition) is 3. The molecule has 0 aromatic carbocycles. The zero-order valence-electron chi connectivity index (χ0n) is 16.7. The molecule has 1 saturated carbocycles. The number of anilines is 1. The third-order valence-corrected chi connectivity index (χ3v) is 5.50. The standard InChI is InChI=1S/C20H24F3N5O3/c21-20(22,23)11-26-15-2-1-7-28(19(15)31)16(8-12-3-4-12)18(30)27-14(10-24)9-13-5-6-25-17(13)29/h1-2,7,12-14,16,26H,3-6,8-9,11H2,(H,25,29)(H,27,30). The summed E-state index contributed by atoms with van der Waals surface area (Å²) >= 11 is 0. The van der Waals surface area contributed by atoms with Crippen molar-refractivity contribution in [2.75, 3.05) is 18.4 Å². The lowest BCUT2D eigenvalue weighted by atomic mass is 9.98. The molecule has 2 fully saturated rings. The maximum absolute atomic E-state index is 13.0. The molecule has 3 rings (SSSR count). The van der Waals surface area contributed by atoms with E-state index in [1.54, 1.807) is 0 Å². The van der Waals surface area contributed by atoms with E-state index in [1.165, 1.54) is 18.3 Å². The molecule has 0 radical (unpaired) electrons. The van der Waals surface area contributed by atoms with Gasteiger partial charge in [-0.2, -0.15) is 18.4 Å². The van der Waals surface area contributed by atoms with Crippen molar-refractivity contribution in [3.05, 3.63) is 28.7 Å². The highest BCUT2D eigenvalue weighted by atomic mass is 19.4. The fourth-order valence-corrected chi connectivity index (χ4v) is 3.67. The van der Waals surface area contributed by atoms with Crippen LogP contribution in [0.1, 0.15) is 38.1 Å². The summed E-state index contributed by atoms with van der Waals surface area (Å²) in [4.78, 5) is 37.5. The Morgan fingerprint density at radius 2 is 2.03 bits per heavy atom. The number of halogens is 3. The van der Waals surface area contributed by atoms with Gasteiger partial charge in [-0.25, -0.2) is 0 Å². The molecule has 3 N–H and O–H groups in total. The molecule has 1 aromatic heterocycles. The van der Waals surface area contributed by atoms with Gasteiger partial charge in [0.1, 0.15) is 24.3 Å². The number of hydrogen-bond acceptors (Lipinski definition) is 5. The summed E-state index contributed by atoms with van der Waals surface area (Å²) < 4.78 is 38.7. The van der Waals surface area contributed by atoms with Gasteiger partial charge in [0.25, 0.3) is 5.56 Å². The van der Waals surface area contributed by atoms with Crippen LogP contribution in [0.15, 0.2) is 23.1 Å². The largest absolute Gasteiger partial charge is 0.405 e. The van der Waals surface area contributed by atoms with Crippen molar-refractivity contribution >= 4 is 17.5 Å². The van der Waals surface area contributed by atoms with Gasteiger partial charge in [0.2, 0.25) is 11.8 Å². The van der Waals surface area contributed by atoms with Gasteiger partial charge in [-0.3, -0.25) is 14.4 Å². The van der Waals surface area contributed by atoms with Crippen LogP contribution < -0.4 is 21.5 Å².